The Balaban J connectivity index is 1.55. The van der Waals surface area contributed by atoms with Crippen LogP contribution in [0.1, 0.15) is 46.3 Å². The van der Waals surface area contributed by atoms with Crippen molar-refractivity contribution in [2.45, 2.75) is 39.3 Å². The van der Waals surface area contributed by atoms with Crippen molar-refractivity contribution in [2.75, 3.05) is 31.1 Å². The third-order valence-electron chi connectivity index (χ3n) is 5.51. The van der Waals surface area contributed by atoms with Crippen LogP contribution in [-0.2, 0) is 11.0 Å². The van der Waals surface area contributed by atoms with Gasteiger partial charge in [-0.15, -0.1) is 0 Å². The zero-order chi connectivity index (χ0) is 22.6. The van der Waals surface area contributed by atoms with Crippen molar-refractivity contribution in [3.8, 4) is 0 Å². The van der Waals surface area contributed by atoms with Crippen LogP contribution in [0, 0.1) is 13.8 Å². The molecule has 31 heavy (non-hydrogen) atoms. The summed E-state index contributed by atoms with van der Waals surface area (Å²) in [6.07, 6.45) is -2.60. The number of nitrogens with zero attached hydrogens (tertiary/aromatic N) is 3. The molecule has 0 atom stereocenters. The minimum Gasteiger partial charge on any atom is -0.355 e. The second kappa shape index (κ2) is 9.49. The number of amides is 1. The van der Waals surface area contributed by atoms with Crippen LogP contribution in [0.4, 0.5) is 19.0 Å². The minimum atomic E-state index is -4.41. The van der Waals surface area contributed by atoms with E-state index in [0.717, 1.165) is 23.4 Å². The molecule has 0 N–H and O–H groups in total. The van der Waals surface area contributed by atoms with Crippen LogP contribution < -0.4 is 4.90 Å². The number of benzene rings is 1. The molecule has 1 amide bonds. The van der Waals surface area contributed by atoms with E-state index in [1.54, 1.807) is 4.90 Å². The SMILES string of the molecule is Cc1ccc(C)c(C(=O)CCC(=O)N2CCCN(c3ccc(C(F)(F)F)cn3)CC2)c1. The molecular formula is C23H26F3N3O2. The van der Waals surface area contributed by atoms with E-state index in [4.69, 9.17) is 0 Å². The van der Waals surface area contributed by atoms with Gasteiger partial charge in [-0.05, 0) is 44.0 Å². The number of hydrogen-bond acceptors (Lipinski definition) is 4. The lowest BCUT2D eigenvalue weighted by atomic mass is 9.99. The third-order valence-corrected chi connectivity index (χ3v) is 5.51. The van der Waals surface area contributed by atoms with Gasteiger partial charge in [-0.2, -0.15) is 13.2 Å². The van der Waals surface area contributed by atoms with Crippen molar-refractivity contribution in [1.29, 1.82) is 0 Å². The lowest BCUT2D eigenvalue weighted by molar-refractivity contribution is -0.137. The monoisotopic (exact) mass is 433 g/mol. The molecule has 2 aromatic rings. The molecule has 3 rings (SSSR count). The first-order valence-corrected chi connectivity index (χ1v) is 10.3. The summed E-state index contributed by atoms with van der Waals surface area (Å²) in [6.45, 7) is 5.88. The topological polar surface area (TPSA) is 53.5 Å². The summed E-state index contributed by atoms with van der Waals surface area (Å²) in [4.78, 5) is 32.7. The maximum absolute atomic E-state index is 12.7. The first-order chi connectivity index (χ1) is 14.6. The van der Waals surface area contributed by atoms with Crippen LogP contribution in [0.25, 0.3) is 0 Å². The number of aryl methyl sites for hydroxylation is 2. The number of carbonyl (C=O) groups excluding carboxylic acids is 2. The Kier molecular flexibility index (Phi) is 6.97. The molecule has 1 aromatic carbocycles. The van der Waals surface area contributed by atoms with Crippen molar-refractivity contribution < 1.29 is 22.8 Å². The second-order valence-corrected chi connectivity index (χ2v) is 7.87. The molecule has 2 heterocycles. The van der Waals surface area contributed by atoms with E-state index in [1.807, 2.05) is 36.9 Å². The van der Waals surface area contributed by atoms with Crippen LogP contribution in [-0.4, -0.2) is 47.8 Å². The molecule has 1 aromatic heterocycles. The molecule has 0 bridgehead atoms. The highest BCUT2D eigenvalue weighted by Gasteiger charge is 2.31. The Morgan fingerprint density at radius 1 is 1.00 bits per heavy atom. The predicted octanol–water partition coefficient (Wildman–Crippen LogP) is 4.42. The van der Waals surface area contributed by atoms with Gasteiger partial charge in [0, 0.05) is 50.8 Å². The summed E-state index contributed by atoms with van der Waals surface area (Å²) in [6, 6.07) is 8.09. The molecule has 5 nitrogen and oxygen atoms in total. The van der Waals surface area contributed by atoms with E-state index in [2.05, 4.69) is 4.98 Å². The highest BCUT2D eigenvalue weighted by atomic mass is 19.4. The minimum absolute atomic E-state index is 0.0417. The zero-order valence-electron chi connectivity index (χ0n) is 17.7. The maximum atomic E-state index is 12.7. The largest absolute Gasteiger partial charge is 0.417 e. The molecule has 0 unspecified atom stereocenters. The van der Waals surface area contributed by atoms with Gasteiger partial charge in [0.15, 0.2) is 5.78 Å². The molecule has 0 aliphatic carbocycles. The van der Waals surface area contributed by atoms with E-state index in [-0.39, 0.29) is 24.5 Å². The molecule has 0 spiro atoms. The van der Waals surface area contributed by atoms with Gasteiger partial charge >= 0.3 is 6.18 Å². The average molecular weight is 433 g/mol. The molecule has 8 heteroatoms. The van der Waals surface area contributed by atoms with Crippen molar-refractivity contribution in [3.05, 3.63) is 58.8 Å². The number of anilines is 1. The first kappa shape index (κ1) is 22.8. The first-order valence-electron chi connectivity index (χ1n) is 10.3. The fourth-order valence-electron chi connectivity index (χ4n) is 3.69. The summed E-state index contributed by atoms with van der Waals surface area (Å²) < 4.78 is 38.2. The van der Waals surface area contributed by atoms with Gasteiger partial charge in [0.05, 0.1) is 5.56 Å². The number of ketones is 1. The summed E-state index contributed by atoms with van der Waals surface area (Å²) in [7, 11) is 0. The third kappa shape index (κ3) is 5.83. The highest BCUT2D eigenvalue weighted by Crippen LogP contribution is 2.29. The normalized spacial score (nSPS) is 15.0. The Labute approximate surface area is 179 Å². The number of aromatic nitrogens is 1. The molecule has 1 aliphatic rings. The van der Waals surface area contributed by atoms with E-state index in [0.29, 0.717) is 44.0 Å². The summed E-state index contributed by atoms with van der Waals surface area (Å²) >= 11 is 0. The molecule has 166 valence electrons. The van der Waals surface area contributed by atoms with E-state index >= 15 is 0 Å². The Morgan fingerprint density at radius 3 is 2.45 bits per heavy atom. The van der Waals surface area contributed by atoms with Gasteiger partial charge in [0.1, 0.15) is 5.82 Å². The summed E-state index contributed by atoms with van der Waals surface area (Å²) in [5.74, 6) is 0.341. The van der Waals surface area contributed by atoms with Gasteiger partial charge in [0.2, 0.25) is 5.91 Å². The Bertz CT molecular complexity index is 942. The molecular weight excluding hydrogens is 407 g/mol. The number of alkyl halides is 3. The number of pyridine rings is 1. The van der Waals surface area contributed by atoms with Crippen LogP contribution in [0.5, 0.6) is 0 Å². The molecule has 0 radical (unpaired) electrons. The lowest BCUT2D eigenvalue weighted by Crippen LogP contribution is -2.35. The zero-order valence-corrected chi connectivity index (χ0v) is 17.7. The number of hydrogen-bond donors (Lipinski definition) is 0. The van der Waals surface area contributed by atoms with Crippen LogP contribution in [0.15, 0.2) is 36.5 Å². The second-order valence-electron chi connectivity index (χ2n) is 7.87. The van der Waals surface area contributed by atoms with Crippen LogP contribution >= 0.6 is 0 Å². The fourth-order valence-corrected chi connectivity index (χ4v) is 3.69. The number of halogens is 3. The van der Waals surface area contributed by atoms with Gasteiger partial charge < -0.3 is 9.80 Å². The standard InChI is InChI=1S/C23H26F3N3O2/c1-16-4-5-17(2)19(14-16)20(30)7-9-22(31)29-11-3-10-28(12-13-29)21-8-6-18(15-27-21)23(24,25)26/h4-6,8,14-15H,3,7,9-13H2,1-2H3. The summed E-state index contributed by atoms with van der Waals surface area (Å²) in [5, 5.41) is 0. The summed E-state index contributed by atoms with van der Waals surface area (Å²) in [5.41, 5.74) is 1.78. The fraction of sp³-hybridized carbons (Fsp3) is 0.435. The predicted molar refractivity (Wildman–Crippen MR) is 112 cm³/mol. The van der Waals surface area contributed by atoms with Crippen molar-refractivity contribution in [3.63, 3.8) is 0 Å². The lowest BCUT2D eigenvalue weighted by Gasteiger charge is -2.23. The van der Waals surface area contributed by atoms with E-state index in [1.165, 1.54) is 6.07 Å². The quantitative estimate of drug-likeness (QED) is 0.655. The Hall–Kier alpha value is -2.90. The average Bonchev–Trinajstić information content (AvgIpc) is 2.99. The highest BCUT2D eigenvalue weighted by molar-refractivity contribution is 5.99. The molecule has 0 saturated carbocycles. The molecule has 1 fully saturated rings. The van der Waals surface area contributed by atoms with Crippen molar-refractivity contribution in [2.24, 2.45) is 0 Å². The van der Waals surface area contributed by atoms with Gasteiger partial charge in [-0.25, -0.2) is 4.98 Å². The number of rotatable bonds is 5. The Morgan fingerprint density at radius 2 is 1.77 bits per heavy atom. The van der Waals surface area contributed by atoms with E-state index < -0.39 is 11.7 Å². The maximum Gasteiger partial charge on any atom is 0.417 e. The van der Waals surface area contributed by atoms with Gasteiger partial charge in [-0.3, -0.25) is 9.59 Å². The number of Topliss-reactive ketones (excluding diaryl/α,β-unsaturated/α-hetero) is 1. The van der Waals surface area contributed by atoms with Crippen molar-refractivity contribution in [1.82, 2.24) is 9.88 Å². The van der Waals surface area contributed by atoms with Crippen LogP contribution in [0.3, 0.4) is 0 Å². The molecule has 1 saturated heterocycles. The molecule has 1 aliphatic heterocycles. The van der Waals surface area contributed by atoms with E-state index in [9.17, 15) is 22.8 Å². The number of carbonyl (C=O) groups is 2. The smallest absolute Gasteiger partial charge is 0.355 e. The van der Waals surface area contributed by atoms with Crippen molar-refractivity contribution >= 4 is 17.5 Å². The van der Waals surface area contributed by atoms with Gasteiger partial charge in [-0.1, -0.05) is 17.7 Å². The van der Waals surface area contributed by atoms with Crippen LogP contribution in [0.2, 0.25) is 0 Å². The van der Waals surface area contributed by atoms with Gasteiger partial charge in [0.25, 0.3) is 0 Å².